The van der Waals surface area contributed by atoms with Crippen LogP contribution in [0.4, 0.5) is 0 Å². The Bertz CT molecular complexity index is 579. The Morgan fingerprint density at radius 1 is 1.14 bits per heavy atom. The molecule has 3 rings (SSSR count). The van der Waals surface area contributed by atoms with Gasteiger partial charge >= 0.3 is 0 Å². The highest BCUT2D eigenvalue weighted by Crippen LogP contribution is 2.28. The summed E-state index contributed by atoms with van der Waals surface area (Å²) in [5, 5.41) is 7.22. The quantitative estimate of drug-likeness (QED) is 0.848. The van der Waals surface area contributed by atoms with E-state index in [4.69, 9.17) is 4.74 Å². The molecule has 0 radical (unpaired) electrons. The molecule has 0 aromatic heterocycles. The molecule has 0 bridgehead atoms. The highest BCUT2D eigenvalue weighted by Gasteiger charge is 2.25. The second kappa shape index (κ2) is 7.43. The first-order valence-electron chi connectivity index (χ1n) is 8.16. The molecule has 1 unspecified atom stereocenters. The molecule has 1 aliphatic heterocycles. The van der Waals surface area contributed by atoms with Gasteiger partial charge in [-0.15, -0.1) is 0 Å². The number of ether oxygens (including phenoxy) is 1. The lowest BCUT2D eigenvalue weighted by Gasteiger charge is -2.25. The van der Waals surface area contributed by atoms with Crippen molar-refractivity contribution < 1.29 is 4.74 Å². The van der Waals surface area contributed by atoms with Crippen LogP contribution in [0, 0.1) is 0 Å². The van der Waals surface area contributed by atoms with E-state index in [-0.39, 0.29) is 0 Å². The van der Waals surface area contributed by atoms with E-state index in [0.717, 1.165) is 24.6 Å². The Balaban J connectivity index is 1.79. The van der Waals surface area contributed by atoms with Crippen molar-refractivity contribution in [1.82, 2.24) is 10.6 Å². The first-order chi connectivity index (χ1) is 10.9. The normalized spacial score (nSPS) is 19.0. The van der Waals surface area contributed by atoms with E-state index in [9.17, 15) is 0 Å². The molecule has 2 atom stereocenters. The fraction of sp³-hybridized carbons (Fsp3) is 0.368. The van der Waals surface area contributed by atoms with Crippen LogP contribution in [0.5, 0.6) is 11.5 Å². The van der Waals surface area contributed by atoms with Crippen LogP contribution >= 0.6 is 0 Å². The van der Waals surface area contributed by atoms with Crippen LogP contribution in [0.15, 0.2) is 54.6 Å². The van der Waals surface area contributed by atoms with Gasteiger partial charge in [-0.05, 0) is 55.8 Å². The van der Waals surface area contributed by atoms with Crippen molar-refractivity contribution in [2.24, 2.45) is 0 Å². The third-order valence-electron chi connectivity index (χ3n) is 4.12. The summed E-state index contributed by atoms with van der Waals surface area (Å²) < 4.78 is 5.96. The molecule has 22 heavy (non-hydrogen) atoms. The SMILES string of the molecule is CCN[C@H](c1cccc(Oc2ccccc2)c1)C1CCCN1. The minimum absolute atomic E-state index is 0.340. The number of para-hydroxylation sites is 1. The predicted molar refractivity (Wildman–Crippen MR) is 90.4 cm³/mol. The van der Waals surface area contributed by atoms with E-state index in [1.165, 1.54) is 18.4 Å². The summed E-state index contributed by atoms with van der Waals surface area (Å²) in [6, 6.07) is 19.2. The molecule has 3 nitrogen and oxygen atoms in total. The topological polar surface area (TPSA) is 33.3 Å². The Morgan fingerprint density at radius 2 is 1.95 bits per heavy atom. The van der Waals surface area contributed by atoms with E-state index in [0.29, 0.717) is 12.1 Å². The van der Waals surface area contributed by atoms with E-state index in [1.807, 2.05) is 36.4 Å². The van der Waals surface area contributed by atoms with Crippen molar-refractivity contribution in [2.45, 2.75) is 31.8 Å². The molecule has 0 amide bonds. The van der Waals surface area contributed by atoms with Gasteiger partial charge in [-0.25, -0.2) is 0 Å². The maximum absolute atomic E-state index is 5.96. The lowest BCUT2D eigenvalue weighted by atomic mass is 9.98. The molecule has 0 aliphatic carbocycles. The average Bonchev–Trinajstić information content (AvgIpc) is 3.08. The lowest BCUT2D eigenvalue weighted by Crippen LogP contribution is -2.37. The van der Waals surface area contributed by atoms with Crippen molar-refractivity contribution >= 4 is 0 Å². The molecule has 0 saturated carbocycles. The molecule has 116 valence electrons. The highest BCUT2D eigenvalue weighted by molar-refractivity contribution is 5.35. The standard InChI is InChI=1S/C19H24N2O/c1-2-20-19(18-12-7-13-21-18)15-8-6-11-17(14-15)22-16-9-4-3-5-10-16/h3-6,8-11,14,18-21H,2,7,12-13H2,1H3/t18?,19-/m1/s1. The summed E-state index contributed by atoms with van der Waals surface area (Å²) in [5.41, 5.74) is 1.29. The van der Waals surface area contributed by atoms with Crippen LogP contribution < -0.4 is 15.4 Å². The van der Waals surface area contributed by atoms with Gasteiger partial charge in [0.1, 0.15) is 11.5 Å². The summed E-state index contributed by atoms with van der Waals surface area (Å²) in [7, 11) is 0. The van der Waals surface area contributed by atoms with Gasteiger partial charge in [-0.2, -0.15) is 0 Å². The van der Waals surface area contributed by atoms with Crippen LogP contribution in [0.25, 0.3) is 0 Å². The molecule has 0 spiro atoms. The first kappa shape index (κ1) is 15.1. The van der Waals surface area contributed by atoms with Gasteiger partial charge < -0.3 is 15.4 Å². The first-order valence-corrected chi connectivity index (χ1v) is 8.16. The maximum atomic E-state index is 5.96. The fourth-order valence-corrected chi connectivity index (χ4v) is 3.10. The number of benzene rings is 2. The van der Waals surface area contributed by atoms with Gasteiger partial charge in [-0.3, -0.25) is 0 Å². The smallest absolute Gasteiger partial charge is 0.127 e. The van der Waals surface area contributed by atoms with Crippen molar-refractivity contribution in [3.63, 3.8) is 0 Å². The van der Waals surface area contributed by atoms with Gasteiger partial charge in [0.15, 0.2) is 0 Å². The number of likely N-dealkylation sites (N-methyl/N-ethyl adjacent to an activating group) is 1. The monoisotopic (exact) mass is 296 g/mol. The van der Waals surface area contributed by atoms with E-state index in [2.05, 4.69) is 35.8 Å². The molecule has 2 aromatic rings. The van der Waals surface area contributed by atoms with Gasteiger partial charge in [0.25, 0.3) is 0 Å². The summed E-state index contributed by atoms with van der Waals surface area (Å²) in [5.74, 6) is 1.77. The van der Waals surface area contributed by atoms with E-state index >= 15 is 0 Å². The minimum Gasteiger partial charge on any atom is -0.457 e. The minimum atomic E-state index is 0.340. The van der Waals surface area contributed by atoms with Gasteiger partial charge in [-0.1, -0.05) is 37.3 Å². The second-order valence-corrected chi connectivity index (χ2v) is 5.73. The molecule has 1 heterocycles. The fourth-order valence-electron chi connectivity index (χ4n) is 3.10. The number of nitrogens with one attached hydrogen (secondary N) is 2. The van der Waals surface area contributed by atoms with Gasteiger partial charge in [0, 0.05) is 12.1 Å². The van der Waals surface area contributed by atoms with Crippen molar-refractivity contribution in [3.05, 3.63) is 60.2 Å². The molecule has 1 fully saturated rings. The molecule has 1 aliphatic rings. The summed E-state index contributed by atoms with van der Waals surface area (Å²) in [6.07, 6.45) is 2.48. The molecule has 2 aromatic carbocycles. The molecule has 1 saturated heterocycles. The Labute approximate surface area is 132 Å². The Morgan fingerprint density at radius 3 is 2.68 bits per heavy atom. The van der Waals surface area contributed by atoms with Crippen molar-refractivity contribution in [3.8, 4) is 11.5 Å². The number of rotatable bonds is 6. The van der Waals surface area contributed by atoms with Crippen molar-refractivity contribution in [1.29, 1.82) is 0 Å². The summed E-state index contributed by atoms with van der Waals surface area (Å²) in [4.78, 5) is 0. The van der Waals surface area contributed by atoms with Crippen LogP contribution in [-0.2, 0) is 0 Å². The predicted octanol–water partition coefficient (Wildman–Crippen LogP) is 3.88. The largest absolute Gasteiger partial charge is 0.457 e. The maximum Gasteiger partial charge on any atom is 0.127 e. The third-order valence-corrected chi connectivity index (χ3v) is 4.12. The van der Waals surface area contributed by atoms with Crippen LogP contribution in [0.2, 0.25) is 0 Å². The Hall–Kier alpha value is -1.84. The second-order valence-electron chi connectivity index (χ2n) is 5.73. The summed E-state index contributed by atoms with van der Waals surface area (Å²) >= 11 is 0. The number of hydrogen-bond acceptors (Lipinski definition) is 3. The lowest BCUT2D eigenvalue weighted by molar-refractivity contribution is 0.418. The van der Waals surface area contributed by atoms with E-state index in [1.54, 1.807) is 0 Å². The Kier molecular flexibility index (Phi) is 5.09. The highest BCUT2D eigenvalue weighted by atomic mass is 16.5. The molecule has 3 heteroatoms. The molecular weight excluding hydrogens is 272 g/mol. The van der Waals surface area contributed by atoms with Gasteiger partial charge in [0.2, 0.25) is 0 Å². The zero-order chi connectivity index (χ0) is 15.2. The van der Waals surface area contributed by atoms with Gasteiger partial charge in [0.05, 0.1) is 0 Å². The zero-order valence-electron chi connectivity index (χ0n) is 13.1. The zero-order valence-corrected chi connectivity index (χ0v) is 13.1. The van der Waals surface area contributed by atoms with Crippen LogP contribution in [-0.4, -0.2) is 19.1 Å². The summed E-state index contributed by atoms with van der Waals surface area (Å²) in [6.45, 7) is 4.24. The van der Waals surface area contributed by atoms with E-state index < -0.39 is 0 Å². The molecule has 2 N–H and O–H groups in total. The van der Waals surface area contributed by atoms with Crippen LogP contribution in [0.3, 0.4) is 0 Å². The molecular formula is C19H24N2O. The third kappa shape index (κ3) is 3.67. The number of hydrogen-bond donors (Lipinski definition) is 2. The van der Waals surface area contributed by atoms with Crippen LogP contribution in [0.1, 0.15) is 31.4 Å². The van der Waals surface area contributed by atoms with Crippen molar-refractivity contribution in [2.75, 3.05) is 13.1 Å². The average molecular weight is 296 g/mol.